The van der Waals surface area contributed by atoms with E-state index in [1.54, 1.807) is 7.11 Å². The Kier molecular flexibility index (Phi) is 3.35. The summed E-state index contributed by atoms with van der Waals surface area (Å²) in [6, 6.07) is 3.80. The predicted molar refractivity (Wildman–Crippen MR) is 74.1 cm³/mol. The highest BCUT2D eigenvalue weighted by molar-refractivity contribution is 6.32. The van der Waals surface area contributed by atoms with E-state index in [9.17, 15) is 5.11 Å². The van der Waals surface area contributed by atoms with E-state index in [4.69, 9.17) is 21.1 Å². The Morgan fingerprint density at radius 2 is 2.11 bits per heavy atom. The number of hydrogen-bond acceptors (Lipinski definition) is 3. The molecule has 19 heavy (non-hydrogen) atoms. The Morgan fingerprint density at radius 3 is 2.68 bits per heavy atom. The smallest absolute Gasteiger partial charge is 0.179 e. The molecule has 0 heterocycles. The van der Waals surface area contributed by atoms with Crippen LogP contribution in [0.4, 0.5) is 0 Å². The molecule has 0 aliphatic heterocycles. The van der Waals surface area contributed by atoms with Crippen LogP contribution in [0.5, 0.6) is 11.5 Å². The average Bonchev–Trinajstić information content (AvgIpc) is 3.26. The fourth-order valence-corrected chi connectivity index (χ4v) is 2.49. The third-order valence-corrected chi connectivity index (χ3v) is 4.09. The normalized spacial score (nSPS) is 20.2. The molecule has 2 aliphatic carbocycles. The number of aliphatic hydroxyl groups is 1. The van der Waals surface area contributed by atoms with Gasteiger partial charge in [-0.1, -0.05) is 11.6 Å². The molecule has 0 radical (unpaired) electrons. The van der Waals surface area contributed by atoms with Gasteiger partial charge in [-0.25, -0.2) is 0 Å². The number of ether oxygens (including phenoxy) is 2. The number of rotatable bonds is 6. The third kappa shape index (κ3) is 3.15. The van der Waals surface area contributed by atoms with Crippen LogP contribution in [0.1, 0.15) is 31.2 Å². The fraction of sp³-hybridized carbons (Fsp3) is 0.600. The molecule has 1 aromatic carbocycles. The maximum Gasteiger partial charge on any atom is 0.179 e. The topological polar surface area (TPSA) is 38.7 Å². The van der Waals surface area contributed by atoms with E-state index in [0.717, 1.165) is 18.4 Å². The SMILES string of the molecule is COc1cc(CC2(O)CC2)cc(Cl)c1OCC1CC1. The molecular weight excluding hydrogens is 264 g/mol. The highest BCUT2D eigenvalue weighted by Crippen LogP contribution is 2.42. The zero-order valence-electron chi connectivity index (χ0n) is 11.1. The van der Waals surface area contributed by atoms with E-state index >= 15 is 0 Å². The molecule has 0 amide bonds. The molecule has 0 spiro atoms. The third-order valence-electron chi connectivity index (χ3n) is 3.81. The minimum absolute atomic E-state index is 0.523. The van der Waals surface area contributed by atoms with Gasteiger partial charge in [-0.2, -0.15) is 0 Å². The van der Waals surface area contributed by atoms with Crippen molar-refractivity contribution in [3.8, 4) is 11.5 Å². The van der Waals surface area contributed by atoms with E-state index in [1.165, 1.54) is 12.8 Å². The molecule has 0 atom stereocenters. The standard InChI is InChI=1S/C15H19ClO3/c1-18-13-7-11(8-15(17)4-5-15)6-12(16)14(13)19-9-10-2-3-10/h6-7,10,17H,2-5,8-9H2,1H3. The minimum atomic E-state index is -0.523. The lowest BCUT2D eigenvalue weighted by molar-refractivity contribution is 0.151. The lowest BCUT2D eigenvalue weighted by atomic mass is 10.1. The zero-order valence-corrected chi connectivity index (χ0v) is 11.9. The van der Waals surface area contributed by atoms with Crippen LogP contribution in [0.15, 0.2) is 12.1 Å². The number of halogens is 1. The van der Waals surface area contributed by atoms with Gasteiger partial charge in [0, 0.05) is 6.42 Å². The summed E-state index contributed by atoms with van der Waals surface area (Å²) in [5.74, 6) is 1.96. The van der Waals surface area contributed by atoms with Gasteiger partial charge in [0.1, 0.15) is 0 Å². The molecule has 3 nitrogen and oxygen atoms in total. The molecule has 1 N–H and O–H groups in total. The molecule has 0 bridgehead atoms. The Hall–Kier alpha value is -0.930. The van der Waals surface area contributed by atoms with Crippen LogP contribution in [0.25, 0.3) is 0 Å². The van der Waals surface area contributed by atoms with Gasteiger partial charge >= 0.3 is 0 Å². The quantitative estimate of drug-likeness (QED) is 0.871. The first-order valence-corrected chi connectivity index (χ1v) is 7.19. The summed E-state index contributed by atoms with van der Waals surface area (Å²) >= 11 is 6.28. The van der Waals surface area contributed by atoms with E-state index < -0.39 is 5.60 Å². The van der Waals surface area contributed by atoms with Gasteiger partial charge in [-0.15, -0.1) is 0 Å². The van der Waals surface area contributed by atoms with Gasteiger partial charge in [0.2, 0.25) is 0 Å². The van der Waals surface area contributed by atoms with E-state index in [2.05, 4.69) is 0 Å². The molecular formula is C15H19ClO3. The maximum absolute atomic E-state index is 9.98. The van der Waals surface area contributed by atoms with Crippen molar-refractivity contribution in [2.45, 2.75) is 37.7 Å². The predicted octanol–water partition coefficient (Wildman–Crippen LogP) is 3.20. The fourth-order valence-electron chi connectivity index (χ4n) is 2.20. The number of methoxy groups -OCH3 is 1. The highest BCUT2D eigenvalue weighted by atomic mass is 35.5. The van der Waals surface area contributed by atoms with Crippen LogP contribution in [-0.2, 0) is 6.42 Å². The van der Waals surface area contributed by atoms with E-state index in [-0.39, 0.29) is 0 Å². The van der Waals surface area contributed by atoms with E-state index in [0.29, 0.717) is 35.5 Å². The average molecular weight is 283 g/mol. The maximum atomic E-state index is 9.98. The monoisotopic (exact) mass is 282 g/mol. The Balaban J connectivity index is 1.78. The van der Waals surface area contributed by atoms with Crippen molar-refractivity contribution in [2.24, 2.45) is 5.92 Å². The molecule has 4 heteroatoms. The van der Waals surface area contributed by atoms with Crippen LogP contribution < -0.4 is 9.47 Å². The Bertz CT molecular complexity index is 479. The molecule has 104 valence electrons. The second-order valence-corrected chi connectivity index (χ2v) is 6.17. The summed E-state index contributed by atoms with van der Waals surface area (Å²) in [4.78, 5) is 0. The molecule has 3 rings (SSSR count). The van der Waals surface area contributed by atoms with Crippen molar-refractivity contribution < 1.29 is 14.6 Å². The van der Waals surface area contributed by atoms with E-state index in [1.807, 2.05) is 12.1 Å². The number of benzene rings is 1. The Morgan fingerprint density at radius 1 is 1.37 bits per heavy atom. The van der Waals surface area contributed by atoms with Crippen LogP contribution in [-0.4, -0.2) is 24.4 Å². The zero-order chi connectivity index (χ0) is 13.5. The summed E-state index contributed by atoms with van der Waals surface area (Å²) in [6.45, 7) is 0.708. The van der Waals surface area contributed by atoms with Crippen molar-refractivity contribution in [3.63, 3.8) is 0 Å². The van der Waals surface area contributed by atoms with Gasteiger partial charge in [0.05, 0.1) is 24.3 Å². The minimum Gasteiger partial charge on any atom is -0.493 e. The summed E-state index contributed by atoms with van der Waals surface area (Å²) in [6.07, 6.45) is 4.85. The molecule has 1 aromatic rings. The van der Waals surface area contributed by atoms with Gasteiger partial charge in [0.15, 0.2) is 11.5 Å². The lowest BCUT2D eigenvalue weighted by Gasteiger charge is -2.15. The summed E-state index contributed by atoms with van der Waals surface area (Å²) in [5, 5.41) is 10.5. The van der Waals surface area contributed by atoms with Crippen molar-refractivity contribution in [1.82, 2.24) is 0 Å². The van der Waals surface area contributed by atoms with Crippen LogP contribution in [0, 0.1) is 5.92 Å². The second kappa shape index (κ2) is 4.88. The summed E-state index contributed by atoms with van der Waals surface area (Å²) < 4.78 is 11.1. The van der Waals surface area contributed by atoms with Crippen LogP contribution >= 0.6 is 11.6 Å². The molecule has 2 fully saturated rings. The summed E-state index contributed by atoms with van der Waals surface area (Å²) in [7, 11) is 1.62. The first-order chi connectivity index (χ1) is 9.09. The highest BCUT2D eigenvalue weighted by Gasteiger charge is 2.40. The van der Waals surface area contributed by atoms with Crippen LogP contribution in [0.3, 0.4) is 0 Å². The first kappa shape index (κ1) is 13.1. The molecule has 2 aliphatic rings. The van der Waals surface area contributed by atoms with Crippen LogP contribution in [0.2, 0.25) is 5.02 Å². The largest absolute Gasteiger partial charge is 0.493 e. The van der Waals surface area contributed by atoms with Crippen molar-refractivity contribution in [2.75, 3.05) is 13.7 Å². The van der Waals surface area contributed by atoms with Gasteiger partial charge in [0.25, 0.3) is 0 Å². The summed E-state index contributed by atoms with van der Waals surface area (Å²) in [5.41, 5.74) is 0.477. The Labute approximate surface area is 118 Å². The second-order valence-electron chi connectivity index (χ2n) is 5.76. The van der Waals surface area contributed by atoms with Gasteiger partial charge in [-0.05, 0) is 49.3 Å². The molecule has 2 saturated carbocycles. The van der Waals surface area contributed by atoms with Crippen molar-refractivity contribution >= 4 is 11.6 Å². The molecule has 0 saturated heterocycles. The van der Waals surface area contributed by atoms with Gasteiger partial charge in [-0.3, -0.25) is 0 Å². The first-order valence-electron chi connectivity index (χ1n) is 6.81. The molecule has 0 aromatic heterocycles. The lowest BCUT2D eigenvalue weighted by Crippen LogP contribution is -2.11. The number of hydrogen-bond donors (Lipinski definition) is 1. The van der Waals surface area contributed by atoms with Gasteiger partial charge < -0.3 is 14.6 Å². The molecule has 0 unspecified atom stereocenters. The van der Waals surface area contributed by atoms with Crippen molar-refractivity contribution in [3.05, 3.63) is 22.7 Å². The van der Waals surface area contributed by atoms with Crippen molar-refractivity contribution in [1.29, 1.82) is 0 Å².